The average molecular weight is 428 g/mol. The third-order valence-electron chi connectivity index (χ3n) is 3.35. The SMILES string of the molecule is O=C(/C=C/c1ccc(-c2ccc(Br)cc2)s1)NNC(=O)c1ccccn1. The number of aromatic nitrogens is 1. The summed E-state index contributed by atoms with van der Waals surface area (Å²) in [4.78, 5) is 29.6. The molecule has 3 aromatic rings. The molecular formula is C19H14BrN3O2S. The number of rotatable bonds is 4. The maximum Gasteiger partial charge on any atom is 0.288 e. The summed E-state index contributed by atoms with van der Waals surface area (Å²) in [6.45, 7) is 0. The van der Waals surface area contributed by atoms with Crippen LogP contribution in [0.25, 0.3) is 16.5 Å². The summed E-state index contributed by atoms with van der Waals surface area (Å²) >= 11 is 4.99. The molecule has 0 saturated carbocycles. The highest BCUT2D eigenvalue weighted by molar-refractivity contribution is 9.10. The molecule has 0 fully saturated rings. The number of amides is 2. The van der Waals surface area contributed by atoms with Crippen molar-refractivity contribution in [1.29, 1.82) is 0 Å². The first-order valence-corrected chi connectivity index (χ1v) is 9.28. The van der Waals surface area contributed by atoms with Crippen molar-refractivity contribution in [3.05, 3.63) is 81.9 Å². The lowest BCUT2D eigenvalue weighted by Gasteiger charge is -2.03. The third-order valence-corrected chi connectivity index (χ3v) is 4.98. The zero-order valence-electron chi connectivity index (χ0n) is 13.5. The highest BCUT2D eigenvalue weighted by Gasteiger charge is 2.06. The van der Waals surface area contributed by atoms with Crippen LogP contribution in [0, 0.1) is 0 Å². The molecule has 0 atom stereocenters. The van der Waals surface area contributed by atoms with E-state index < -0.39 is 11.8 Å². The van der Waals surface area contributed by atoms with E-state index in [1.165, 1.54) is 12.3 Å². The van der Waals surface area contributed by atoms with Gasteiger partial charge in [-0.2, -0.15) is 0 Å². The van der Waals surface area contributed by atoms with E-state index in [4.69, 9.17) is 0 Å². The minimum absolute atomic E-state index is 0.231. The number of hydrogen-bond donors (Lipinski definition) is 2. The van der Waals surface area contributed by atoms with Crippen molar-refractivity contribution in [3.63, 3.8) is 0 Å². The molecule has 2 heterocycles. The summed E-state index contributed by atoms with van der Waals surface area (Å²) in [5.74, 6) is -0.895. The topological polar surface area (TPSA) is 71.1 Å². The Morgan fingerprint density at radius 1 is 1.00 bits per heavy atom. The molecule has 3 rings (SSSR count). The maximum atomic E-state index is 11.8. The number of thiophene rings is 1. The van der Waals surface area contributed by atoms with E-state index in [9.17, 15) is 9.59 Å². The van der Waals surface area contributed by atoms with Crippen LogP contribution in [0.3, 0.4) is 0 Å². The summed E-state index contributed by atoms with van der Waals surface area (Å²) in [6, 6.07) is 17.0. The van der Waals surface area contributed by atoms with Gasteiger partial charge in [-0.3, -0.25) is 25.4 Å². The van der Waals surface area contributed by atoms with E-state index in [1.807, 2.05) is 36.4 Å². The van der Waals surface area contributed by atoms with E-state index in [1.54, 1.807) is 35.6 Å². The van der Waals surface area contributed by atoms with Crippen molar-refractivity contribution in [3.8, 4) is 10.4 Å². The molecule has 26 heavy (non-hydrogen) atoms. The molecule has 0 unspecified atom stereocenters. The number of carbonyl (C=O) groups is 2. The quantitative estimate of drug-likeness (QED) is 0.487. The number of nitrogens with one attached hydrogen (secondary N) is 2. The van der Waals surface area contributed by atoms with E-state index in [0.717, 1.165) is 19.8 Å². The molecule has 1 aromatic carbocycles. The molecule has 130 valence electrons. The van der Waals surface area contributed by atoms with Gasteiger partial charge >= 0.3 is 0 Å². The van der Waals surface area contributed by atoms with Crippen LogP contribution < -0.4 is 10.9 Å². The summed E-state index contributed by atoms with van der Waals surface area (Å²) in [7, 11) is 0. The van der Waals surface area contributed by atoms with Crippen LogP contribution >= 0.6 is 27.3 Å². The molecule has 2 aromatic heterocycles. The smallest absolute Gasteiger partial charge is 0.268 e. The molecule has 0 radical (unpaired) electrons. The second-order valence-corrected chi connectivity index (χ2v) is 7.23. The second kappa shape index (κ2) is 8.55. The molecule has 0 spiro atoms. The predicted octanol–water partition coefficient (Wildman–Crippen LogP) is 4.05. The summed E-state index contributed by atoms with van der Waals surface area (Å²) < 4.78 is 1.03. The summed E-state index contributed by atoms with van der Waals surface area (Å²) in [5, 5.41) is 0. The third kappa shape index (κ3) is 4.87. The normalized spacial score (nSPS) is 10.7. The number of halogens is 1. The van der Waals surface area contributed by atoms with Gasteiger partial charge in [0.25, 0.3) is 11.8 Å². The standard InChI is InChI=1S/C19H14BrN3O2S/c20-14-6-4-13(5-7-14)17-10-8-15(26-17)9-11-18(24)22-23-19(25)16-3-1-2-12-21-16/h1-12H,(H,22,24)(H,23,25)/b11-9+. The van der Waals surface area contributed by atoms with Gasteiger partial charge in [0.1, 0.15) is 5.69 Å². The molecule has 0 aliphatic rings. The summed E-state index contributed by atoms with van der Waals surface area (Å²) in [5.41, 5.74) is 5.99. The van der Waals surface area contributed by atoms with Crippen LogP contribution in [-0.2, 0) is 4.79 Å². The molecule has 2 amide bonds. The molecular weight excluding hydrogens is 414 g/mol. The van der Waals surface area contributed by atoms with E-state index >= 15 is 0 Å². The van der Waals surface area contributed by atoms with Gasteiger partial charge in [-0.05, 0) is 48.0 Å². The van der Waals surface area contributed by atoms with Crippen LogP contribution in [0.1, 0.15) is 15.4 Å². The molecule has 5 nitrogen and oxygen atoms in total. The molecule has 7 heteroatoms. The molecule has 2 N–H and O–H groups in total. The van der Waals surface area contributed by atoms with Crippen molar-refractivity contribution in [2.45, 2.75) is 0 Å². The molecule has 0 aliphatic heterocycles. The van der Waals surface area contributed by atoms with Gasteiger partial charge in [0.2, 0.25) is 0 Å². The fourth-order valence-corrected chi connectivity index (χ4v) is 3.27. The lowest BCUT2D eigenvalue weighted by Crippen LogP contribution is -2.41. The Hall–Kier alpha value is -2.77. The average Bonchev–Trinajstić information content (AvgIpc) is 3.14. The van der Waals surface area contributed by atoms with Crippen molar-refractivity contribution in [1.82, 2.24) is 15.8 Å². The Bertz CT molecular complexity index is 937. The first-order chi connectivity index (χ1) is 12.6. The summed E-state index contributed by atoms with van der Waals surface area (Å²) in [6.07, 6.45) is 4.58. The molecule has 0 bridgehead atoms. The fourth-order valence-electron chi connectivity index (χ4n) is 2.09. The van der Waals surface area contributed by atoms with Crippen LogP contribution in [0.2, 0.25) is 0 Å². The van der Waals surface area contributed by atoms with Crippen molar-refractivity contribution >= 4 is 45.2 Å². The predicted molar refractivity (Wildman–Crippen MR) is 106 cm³/mol. The zero-order chi connectivity index (χ0) is 18.4. The highest BCUT2D eigenvalue weighted by atomic mass is 79.9. The minimum atomic E-state index is -0.471. The number of pyridine rings is 1. The van der Waals surface area contributed by atoms with Gasteiger partial charge in [-0.25, -0.2) is 0 Å². The number of benzene rings is 1. The van der Waals surface area contributed by atoms with Gasteiger partial charge < -0.3 is 0 Å². The Morgan fingerprint density at radius 2 is 1.81 bits per heavy atom. The van der Waals surface area contributed by atoms with E-state index in [2.05, 4.69) is 31.8 Å². The second-order valence-electron chi connectivity index (χ2n) is 5.20. The number of hydrogen-bond acceptors (Lipinski definition) is 4. The van der Waals surface area contributed by atoms with Crippen LogP contribution in [-0.4, -0.2) is 16.8 Å². The first kappa shape index (κ1) is 18.0. The lowest BCUT2D eigenvalue weighted by atomic mass is 10.2. The van der Waals surface area contributed by atoms with Gasteiger partial charge in [-0.15, -0.1) is 11.3 Å². The Kier molecular flexibility index (Phi) is 5.93. The van der Waals surface area contributed by atoms with E-state index in [0.29, 0.717) is 0 Å². The first-order valence-electron chi connectivity index (χ1n) is 7.67. The zero-order valence-corrected chi connectivity index (χ0v) is 15.9. The fraction of sp³-hybridized carbons (Fsp3) is 0. The van der Waals surface area contributed by atoms with Gasteiger partial charge in [-0.1, -0.05) is 34.1 Å². The number of nitrogens with zero attached hydrogens (tertiary/aromatic N) is 1. The largest absolute Gasteiger partial charge is 0.288 e. The van der Waals surface area contributed by atoms with Gasteiger partial charge in [0, 0.05) is 26.5 Å². The van der Waals surface area contributed by atoms with Gasteiger partial charge in [0.15, 0.2) is 0 Å². The maximum absolute atomic E-state index is 11.8. The number of carbonyl (C=O) groups excluding carboxylic acids is 2. The van der Waals surface area contributed by atoms with Crippen molar-refractivity contribution < 1.29 is 9.59 Å². The Morgan fingerprint density at radius 3 is 2.54 bits per heavy atom. The number of hydrazine groups is 1. The monoisotopic (exact) mass is 427 g/mol. The van der Waals surface area contributed by atoms with Crippen LogP contribution in [0.15, 0.2) is 71.3 Å². The van der Waals surface area contributed by atoms with Crippen LogP contribution in [0.4, 0.5) is 0 Å². The van der Waals surface area contributed by atoms with Crippen molar-refractivity contribution in [2.24, 2.45) is 0 Å². The highest BCUT2D eigenvalue weighted by Crippen LogP contribution is 2.29. The Balaban J connectivity index is 1.55. The minimum Gasteiger partial charge on any atom is -0.268 e. The van der Waals surface area contributed by atoms with E-state index in [-0.39, 0.29) is 5.69 Å². The van der Waals surface area contributed by atoms with Gasteiger partial charge in [0.05, 0.1) is 0 Å². The lowest BCUT2D eigenvalue weighted by molar-refractivity contribution is -0.117. The van der Waals surface area contributed by atoms with Crippen molar-refractivity contribution in [2.75, 3.05) is 0 Å². The Labute approximate surface area is 162 Å². The van der Waals surface area contributed by atoms with Crippen LogP contribution in [0.5, 0.6) is 0 Å². The molecule has 0 saturated heterocycles. The molecule has 0 aliphatic carbocycles.